The maximum absolute atomic E-state index is 13.1. The summed E-state index contributed by atoms with van der Waals surface area (Å²) in [4.78, 5) is 18.2. The molecule has 0 fully saturated rings. The van der Waals surface area contributed by atoms with Crippen LogP contribution in [0.15, 0.2) is 59.1 Å². The number of hydrogen-bond acceptors (Lipinski definition) is 4. The molecular weight excluding hydrogens is 333 g/mol. The molecule has 0 saturated heterocycles. The lowest BCUT2D eigenvalue weighted by Gasteiger charge is -2.34. The molecular formula is C20H18FN3O2. The van der Waals surface area contributed by atoms with Crippen molar-refractivity contribution in [1.82, 2.24) is 9.88 Å². The van der Waals surface area contributed by atoms with Crippen LogP contribution in [0.25, 0.3) is 11.3 Å². The van der Waals surface area contributed by atoms with E-state index in [1.165, 1.54) is 17.7 Å². The number of carbonyl (C=O) groups is 1. The number of benzene rings is 2. The predicted octanol–water partition coefficient (Wildman–Crippen LogP) is 2.89. The lowest BCUT2D eigenvalue weighted by molar-refractivity contribution is -0.124. The highest BCUT2D eigenvalue weighted by Gasteiger charge is 2.30. The van der Waals surface area contributed by atoms with Crippen molar-refractivity contribution in [2.45, 2.75) is 25.6 Å². The Labute approximate surface area is 150 Å². The maximum Gasteiger partial charge on any atom is 0.235 e. The molecule has 0 aliphatic carbocycles. The van der Waals surface area contributed by atoms with Crippen LogP contribution >= 0.6 is 0 Å². The molecule has 0 unspecified atom stereocenters. The zero-order chi connectivity index (χ0) is 18.1. The molecule has 4 rings (SSSR count). The van der Waals surface area contributed by atoms with Crippen molar-refractivity contribution in [1.29, 1.82) is 0 Å². The Morgan fingerprint density at radius 2 is 1.92 bits per heavy atom. The highest BCUT2D eigenvalue weighted by molar-refractivity contribution is 5.80. The Hall–Kier alpha value is -2.99. The van der Waals surface area contributed by atoms with Crippen LogP contribution in [0, 0.1) is 5.82 Å². The minimum Gasteiger partial charge on any atom is -0.439 e. The van der Waals surface area contributed by atoms with E-state index >= 15 is 0 Å². The summed E-state index contributed by atoms with van der Waals surface area (Å²) in [6, 6.07) is 13.7. The molecule has 6 heteroatoms. The fourth-order valence-corrected chi connectivity index (χ4v) is 3.33. The number of halogens is 1. The molecule has 0 saturated carbocycles. The number of aromatic nitrogens is 1. The van der Waals surface area contributed by atoms with E-state index in [1.54, 1.807) is 18.3 Å². The summed E-state index contributed by atoms with van der Waals surface area (Å²) in [5.41, 5.74) is 8.68. The van der Waals surface area contributed by atoms with E-state index in [0.717, 1.165) is 11.1 Å². The normalized spacial score (nSPS) is 17.0. The first-order valence-electron chi connectivity index (χ1n) is 8.41. The van der Waals surface area contributed by atoms with Crippen molar-refractivity contribution in [3.63, 3.8) is 0 Å². The van der Waals surface area contributed by atoms with E-state index in [-0.39, 0.29) is 11.7 Å². The van der Waals surface area contributed by atoms with E-state index in [4.69, 9.17) is 10.2 Å². The number of oxazole rings is 1. The van der Waals surface area contributed by atoms with Crippen molar-refractivity contribution >= 4 is 5.91 Å². The molecule has 0 radical (unpaired) electrons. The maximum atomic E-state index is 13.1. The van der Waals surface area contributed by atoms with Crippen LogP contribution in [0.3, 0.4) is 0 Å². The third-order valence-electron chi connectivity index (χ3n) is 4.69. The van der Waals surface area contributed by atoms with Crippen molar-refractivity contribution in [3.8, 4) is 11.3 Å². The van der Waals surface area contributed by atoms with Gasteiger partial charge in [-0.1, -0.05) is 24.3 Å². The smallest absolute Gasteiger partial charge is 0.235 e. The quantitative estimate of drug-likeness (QED) is 0.784. The second-order valence-corrected chi connectivity index (χ2v) is 6.42. The van der Waals surface area contributed by atoms with Gasteiger partial charge >= 0.3 is 0 Å². The zero-order valence-corrected chi connectivity index (χ0v) is 14.1. The van der Waals surface area contributed by atoms with E-state index in [0.29, 0.717) is 31.2 Å². The highest BCUT2D eigenvalue weighted by atomic mass is 19.1. The second kappa shape index (κ2) is 6.72. The molecule has 0 bridgehead atoms. The van der Waals surface area contributed by atoms with Gasteiger partial charge in [0.2, 0.25) is 11.8 Å². The van der Waals surface area contributed by atoms with Crippen molar-refractivity contribution < 1.29 is 13.6 Å². The van der Waals surface area contributed by atoms with Gasteiger partial charge in [0, 0.05) is 12.1 Å². The van der Waals surface area contributed by atoms with Gasteiger partial charge in [0.1, 0.15) is 5.82 Å². The fraction of sp³-hybridized carbons (Fsp3) is 0.200. The van der Waals surface area contributed by atoms with Gasteiger partial charge in [-0.05, 0) is 41.8 Å². The molecule has 1 aromatic heterocycles. The summed E-state index contributed by atoms with van der Waals surface area (Å²) in [6.45, 7) is 0.987. The number of hydrogen-bond donors (Lipinski definition) is 1. The molecule has 2 heterocycles. The first-order chi connectivity index (χ1) is 12.6. The third-order valence-corrected chi connectivity index (χ3v) is 4.69. The topological polar surface area (TPSA) is 72.4 Å². The number of rotatable bonds is 4. The van der Waals surface area contributed by atoms with Gasteiger partial charge < -0.3 is 10.2 Å². The number of carbonyl (C=O) groups excluding carboxylic acids is 1. The van der Waals surface area contributed by atoms with Gasteiger partial charge in [0.15, 0.2) is 5.76 Å². The fourth-order valence-electron chi connectivity index (χ4n) is 3.33. The van der Waals surface area contributed by atoms with Gasteiger partial charge in [-0.15, -0.1) is 0 Å². The molecule has 1 aliphatic heterocycles. The van der Waals surface area contributed by atoms with Crippen LogP contribution in [-0.4, -0.2) is 21.8 Å². The van der Waals surface area contributed by atoms with Crippen LogP contribution in [0.4, 0.5) is 4.39 Å². The monoisotopic (exact) mass is 351 g/mol. The number of nitrogens with two attached hydrogens (primary N) is 1. The van der Waals surface area contributed by atoms with Gasteiger partial charge in [-0.25, -0.2) is 9.37 Å². The SMILES string of the molecule is NC(=O)[C@@H]1Cc2ccccc2CN1Cc1ncc(-c2ccc(F)cc2)o1. The summed E-state index contributed by atoms with van der Waals surface area (Å²) in [6.07, 6.45) is 2.19. The van der Waals surface area contributed by atoms with Crippen molar-refractivity contribution in [3.05, 3.63) is 77.6 Å². The Bertz CT molecular complexity index is 936. The summed E-state index contributed by atoms with van der Waals surface area (Å²) in [5.74, 6) is 0.401. The first-order valence-corrected chi connectivity index (χ1v) is 8.41. The number of nitrogens with zero attached hydrogens (tertiary/aromatic N) is 2. The molecule has 2 N–H and O–H groups in total. The number of fused-ring (bicyclic) bond motifs is 1. The van der Waals surface area contributed by atoms with Crippen molar-refractivity contribution in [2.24, 2.45) is 5.73 Å². The number of primary amides is 1. The van der Waals surface area contributed by atoms with Crippen LogP contribution in [0.1, 0.15) is 17.0 Å². The summed E-state index contributed by atoms with van der Waals surface area (Å²) in [5, 5.41) is 0. The average molecular weight is 351 g/mol. The lowest BCUT2D eigenvalue weighted by atomic mass is 9.93. The van der Waals surface area contributed by atoms with Crippen LogP contribution in [0.5, 0.6) is 0 Å². The number of amides is 1. The van der Waals surface area contributed by atoms with Crippen LogP contribution < -0.4 is 5.73 Å². The summed E-state index contributed by atoms with van der Waals surface area (Å²) >= 11 is 0. The molecule has 26 heavy (non-hydrogen) atoms. The summed E-state index contributed by atoms with van der Waals surface area (Å²) < 4.78 is 18.9. The first kappa shape index (κ1) is 16.5. The molecule has 3 aromatic rings. The molecule has 132 valence electrons. The van der Waals surface area contributed by atoms with E-state index < -0.39 is 6.04 Å². The second-order valence-electron chi connectivity index (χ2n) is 6.42. The third kappa shape index (κ3) is 3.23. The molecule has 1 atom stereocenters. The average Bonchev–Trinajstić information content (AvgIpc) is 3.10. The van der Waals surface area contributed by atoms with Gasteiger partial charge in [0.25, 0.3) is 0 Å². The Morgan fingerprint density at radius 3 is 2.65 bits per heavy atom. The molecule has 2 aromatic carbocycles. The highest BCUT2D eigenvalue weighted by Crippen LogP contribution is 2.26. The molecule has 1 amide bonds. The van der Waals surface area contributed by atoms with Crippen molar-refractivity contribution in [2.75, 3.05) is 0 Å². The van der Waals surface area contributed by atoms with Gasteiger partial charge in [-0.2, -0.15) is 0 Å². The predicted molar refractivity (Wildman–Crippen MR) is 94.3 cm³/mol. The van der Waals surface area contributed by atoms with Crippen LogP contribution in [0.2, 0.25) is 0 Å². The Balaban J connectivity index is 1.56. The molecule has 0 spiro atoms. The van der Waals surface area contributed by atoms with E-state index in [9.17, 15) is 9.18 Å². The Kier molecular flexibility index (Phi) is 4.26. The van der Waals surface area contributed by atoms with Gasteiger partial charge in [0.05, 0.1) is 18.8 Å². The Morgan fingerprint density at radius 1 is 1.19 bits per heavy atom. The minimum absolute atomic E-state index is 0.301. The largest absolute Gasteiger partial charge is 0.439 e. The van der Waals surface area contributed by atoms with Crippen LogP contribution in [-0.2, 0) is 24.3 Å². The zero-order valence-electron chi connectivity index (χ0n) is 14.1. The molecule has 5 nitrogen and oxygen atoms in total. The van der Waals surface area contributed by atoms with E-state index in [2.05, 4.69) is 11.1 Å². The summed E-state index contributed by atoms with van der Waals surface area (Å²) in [7, 11) is 0. The van der Waals surface area contributed by atoms with E-state index in [1.807, 2.05) is 23.1 Å². The van der Waals surface area contributed by atoms with Gasteiger partial charge in [-0.3, -0.25) is 9.69 Å². The standard InChI is InChI=1S/C20H18FN3O2/c21-16-7-5-13(6-8-16)18-10-23-19(26-18)12-24-11-15-4-2-1-3-14(15)9-17(24)20(22)25/h1-8,10,17H,9,11-12H2,(H2,22,25)/t17-/m0/s1. The lowest BCUT2D eigenvalue weighted by Crippen LogP contribution is -2.48. The minimum atomic E-state index is -0.397. The molecule has 1 aliphatic rings.